The van der Waals surface area contributed by atoms with Gasteiger partial charge in [0.15, 0.2) is 15.1 Å². The highest BCUT2D eigenvalue weighted by atomic mass is 32.2. The van der Waals surface area contributed by atoms with Gasteiger partial charge in [0.1, 0.15) is 0 Å². The summed E-state index contributed by atoms with van der Waals surface area (Å²) >= 11 is 0. The molecule has 0 fully saturated rings. The Labute approximate surface area is 110 Å². The zero-order valence-electron chi connectivity index (χ0n) is 10.5. The van der Waals surface area contributed by atoms with Crippen LogP contribution in [0.2, 0.25) is 0 Å². The lowest BCUT2D eigenvalue weighted by molar-refractivity contribution is -0.138. The number of hydrogen-bond acceptors (Lipinski definition) is 6. The van der Waals surface area contributed by atoms with Crippen LogP contribution in [0.4, 0.5) is 0 Å². The number of aliphatic carboxylic acids is 1. The van der Waals surface area contributed by atoms with Crippen LogP contribution in [0.5, 0.6) is 0 Å². The lowest BCUT2D eigenvalue weighted by atomic mass is 10.3. The Morgan fingerprint density at radius 3 is 2.16 bits per heavy atom. The summed E-state index contributed by atoms with van der Waals surface area (Å²) < 4.78 is 22.3. The lowest BCUT2D eigenvalue weighted by Gasteiger charge is -2.12. The summed E-state index contributed by atoms with van der Waals surface area (Å²) in [5.41, 5.74) is 5.25. The largest absolute Gasteiger partial charge is 0.480 e. The summed E-state index contributed by atoms with van der Waals surface area (Å²) in [7, 11) is -3.88. The van der Waals surface area contributed by atoms with Crippen molar-refractivity contribution in [3.8, 4) is 0 Å². The molecule has 0 spiro atoms. The zero-order valence-corrected chi connectivity index (χ0v) is 11.4. The van der Waals surface area contributed by atoms with Crippen LogP contribution in [-0.4, -0.2) is 55.5 Å². The van der Waals surface area contributed by atoms with E-state index < -0.39 is 45.3 Å². The predicted molar refractivity (Wildman–Crippen MR) is 65.7 cm³/mol. The fourth-order valence-electron chi connectivity index (χ4n) is 1.05. The van der Waals surface area contributed by atoms with Crippen LogP contribution >= 0.6 is 0 Å². The van der Waals surface area contributed by atoms with E-state index in [0.717, 1.165) is 6.26 Å². The van der Waals surface area contributed by atoms with E-state index in [9.17, 15) is 22.8 Å². The minimum absolute atomic E-state index is 0.255. The van der Waals surface area contributed by atoms with E-state index in [1.54, 1.807) is 0 Å². The first-order chi connectivity index (χ1) is 8.55. The van der Waals surface area contributed by atoms with Gasteiger partial charge in [0.2, 0.25) is 11.8 Å². The maximum atomic E-state index is 11.3. The summed E-state index contributed by atoms with van der Waals surface area (Å²) in [4.78, 5) is 33.1. The van der Waals surface area contributed by atoms with E-state index in [1.807, 2.05) is 0 Å². The van der Waals surface area contributed by atoms with E-state index in [-0.39, 0.29) is 6.67 Å². The van der Waals surface area contributed by atoms with E-state index in [0.29, 0.717) is 0 Å². The third-order valence-corrected chi connectivity index (χ3v) is 3.53. The first-order valence-corrected chi connectivity index (χ1v) is 7.22. The molecule has 110 valence electrons. The molecule has 0 aromatic rings. The van der Waals surface area contributed by atoms with Crippen molar-refractivity contribution in [2.24, 2.45) is 5.73 Å². The van der Waals surface area contributed by atoms with Crippen molar-refractivity contribution >= 4 is 27.6 Å². The van der Waals surface area contributed by atoms with Crippen molar-refractivity contribution in [2.45, 2.75) is 24.6 Å². The summed E-state index contributed by atoms with van der Waals surface area (Å²) in [5, 5.41) is 11.3. The van der Waals surface area contributed by atoms with E-state index in [2.05, 4.69) is 10.6 Å². The molecule has 5 N–H and O–H groups in total. The molecule has 0 saturated heterocycles. The van der Waals surface area contributed by atoms with Gasteiger partial charge >= 0.3 is 5.97 Å². The monoisotopic (exact) mass is 295 g/mol. The molecule has 0 aliphatic heterocycles. The summed E-state index contributed by atoms with van der Waals surface area (Å²) in [5.74, 6) is -2.90. The highest BCUT2D eigenvalue weighted by Gasteiger charge is 2.30. The fraction of sp³-hybridized carbons (Fsp3) is 0.667. The second-order valence-corrected chi connectivity index (χ2v) is 6.20. The van der Waals surface area contributed by atoms with Crippen molar-refractivity contribution in [1.29, 1.82) is 0 Å². The number of rotatable bonds is 7. The van der Waals surface area contributed by atoms with Crippen LogP contribution in [0.1, 0.15) is 13.3 Å². The third-order valence-electron chi connectivity index (χ3n) is 2.12. The second kappa shape index (κ2) is 7.04. The standard InChI is InChI=1S/C9H17N3O6S/c1-5(10)8(14)12-4-11-7(13)3-6(9(15)16)19(2,17)18/h5-6H,3-4,10H2,1-2H3,(H,11,13)(H,12,14)(H,15,16)/t5-,6+/m0/s1. The van der Waals surface area contributed by atoms with Gasteiger partial charge in [0.05, 0.1) is 19.1 Å². The molecule has 19 heavy (non-hydrogen) atoms. The number of carboxylic acids is 1. The first kappa shape index (κ1) is 17.3. The molecule has 0 aromatic heterocycles. The van der Waals surface area contributed by atoms with Crippen molar-refractivity contribution in [2.75, 3.05) is 12.9 Å². The Hall–Kier alpha value is -1.68. The molecular weight excluding hydrogens is 278 g/mol. The van der Waals surface area contributed by atoms with Gasteiger partial charge in [-0.3, -0.25) is 14.4 Å². The van der Waals surface area contributed by atoms with Crippen molar-refractivity contribution in [3.63, 3.8) is 0 Å². The van der Waals surface area contributed by atoms with Crippen LogP contribution in [0, 0.1) is 0 Å². The van der Waals surface area contributed by atoms with Crippen LogP contribution in [0.3, 0.4) is 0 Å². The van der Waals surface area contributed by atoms with Crippen LogP contribution in [0.15, 0.2) is 0 Å². The normalized spacial score (nSPS) is 14.3. The molecule has 10 heteroatoms. The molecule has 0 aliphatic carbocycles. The summed E-state index contributed by atoms with van der Waals surface area (Å²) in [6.07, 6.45) is 0.0131. The molecule has 0 bridgehead atoms. The number of nitrogens with two attached hydrogens (primary N) is 1. The Balaban J connectivity index is 4.31. The number of amides is 2. The molecule has 0 aliphatic rings. The molecule has 0 heterocycles. The molecule has 2 amide bonds. The van der Waals surface area contributed by atoms with Gasteiger partial charge in [-0.25, -0.2) is 8.42 Å². The molecule has 0 aromatic carbocycles. The maximum absolute atomic E-state index is 11.3. The van der Waals surface area contributed by atoms with E-state index >= 15 is 0 Å². The minimum Gasteiger partial charge on any atom is -0.480 e. The lowest BCUT2D eigenvalue weighted by Crippen LogP contribution is -2.45. The number of carboxylic acid groups (broad SMARTS) is 1. The van der Waals surface area contributed by atoms with Crippen molar-refractivity contribution in [3.05, 3.63) is 0 Å². The van der Waals surface area contributed by atoms with Gasteiger partial charge in [-0.15, -0.1) is 0 Å². The maximum Gasteiger partial charge on any atom is 0.322 e. The quantitative estimate of drug-likeness (QED) is 0.375. The minimum atomic E-state index is -3.88. The number of carbonyl (C=O) groups excluding carboxylic acids is 2. The van der Waals surface area contributed by atoms with Crippen molar-refractivity contribution in [1.82, 2.24) is 10.6 Å². The fourth-order valence-corrected chi connectivity index (χ4v) is 1.87. The average Bonchev–Trinajstić information content (AvgIpc) is 2.23. The molecule has 0 radical (unpaired) electrons. The summed E-state index contributed by atoms with van der Waals surface area (Å²) in [6.45, 7) is 1.19. The van der Waals surface area contributed by atoms with Gasteiger partial charge in [0.25, 0.3) is 0 Å². The predicted octanol–water partition coefficient (Wildman–Crippen LogP) is -2.59. The van der Waals surface area contributed by atoms with Crippen molar-refractivity contribution < 1.29 is 27.9 Å². The Kier molecular flexibility index (Phi) is 6.42. The Morgan fingerprint density at radius 2 is 1.79 bits per heavy atom. The highest BCUT2D eigenvalue weighted by Crippen LogP contribution is 2.04. The Morgan fingerprint density at radius 1 is 1.26 bits per heavy atom. The molecular formula is C9H17N3O6S. The molecule has 9 nitrogen and oxygen atoms in total. The first-order valence-electron chi connectivity index (χ1n) is 5.27. The third kappa shape index (κ3) is 6.72. The smallest absolute Gasteiger partial charge is 0.322 e. The van der Waals surface area contributed by atoms with E-state index in [1.165, 1.54) is 6.92 Å². The second-order valence-electron chi connectivity index (χ2n) is 3.97. The van der Waals surface area contributed by atoms with Gasteiger partial charge in [-0.05, 0) is 6.92 Å². The molecule has 0 unspecified atom stereocenters. The number of sulfone groups is 1. The highest BCUT2D eigenvalue weighted by molar-refractivity contribution is 7.92. The Bertz CT molecular complexity index is 459. The van der Waals surface area contributed by atoms with E-state index in [4.69, 9.17) is 10.8 Å². The van der Waals surface area contributed by atoms with Crippen LogP contribution in [0.25, 0.3) is 0 Å². The van der Waals surface area contributed by atoms with Gasteiger partial charge in [-0.1, -0.05) is 0 Å². The number of hydrogen-bond donors (Lipinski definition) is 4. The average molecular weight is 295 g/mol. The van der Waals surface area contributed by atoms with Crippen LogP contribution in [-0.2, 0) is 24.2 Å². The molecule has 0 rings (SSSR count). The SMILES string of the molecule is C[C@H](N)C(=O)NCNC(=O)C[C@H](C(=O)O)S(C)(=O)=O. The number of nitrogens with one attached hydrogen (secondary N) is 2. The van der Waals surface area contributed by atoms with Gasteiger partial charge < -0.3 is 21.5 Å². The van der Waals surface area contributed by atoms with Gasteiger partial charge in [0, 0.05) is 6.26 Å². The number of carbonyl (C=O) groups is 3. The van der Waals surface area contributed by atoms with Gasteiger partial charge in [-0.2, -0.15) is 0 Å². The molecule has 2 atom stereocenters. The van der Waals surface area contributed by atoms with Crippen LogP contribution < -0.4 is 16.4 Å². The zero-order chi connectivity index (χ0) is 15.2. The molecule has 0 saturated carbocycles. The topological polar surface area (TPSA) is 156 Å². The summed E-state index contributed by atoms with van der Waals surface area (Å²) in [6, 6.07) is -0.750.